The maximum absolute atomic E-state index is 2.38. The van der Waals surface area contributed by atoms with E-state index in [1.165, 1.54) is 148 Å². The van der Waals surface area contributed by atoms with Crippen LogP contribution >= 0.6 is 0 Å². The van der Waals surface area contributed by atoms with Gasteiger partial charge in [-0.2, -0.15) is 0 Å². The first-order chi connectivity index (χ1) is 14.5. The summed E-state index contributed by atoms with van der Waals surface area (Å²) in [6.07, 6.45) is 32.1. The predicted molar refractivity (Wildman–Crippen MR) is 139 cm³/mol. The van der Waals surface area contributed by atoms with Crippen molar-refractivity contribution in [2.45, 2.75) is 155 Å². The highest BCUT2D eigenvalue weighted by Crippen LogP contribution is 2.21. The van der Waals surface area contributed by atoms with Crippen molar-refractivity contribution < 1.29 is 16.9 Å². The van der Waals surface area contributed by atoms with Crippen molar-refractivity contribution in [1.82, 2.24) is 0 Å². The van der Waals surface area contributed by atoms with Gasteiger partial charge in [-0.15, -0.1) is 0 Å². The van der Waals surface area contributed by atoms with E-state index in [1.54, 1.807) is 0 Å². The maximum Gasteiger partial charge on any atom is 0.0809 e. The van der Waals surface area contributed by atoms with Gasteiger partial charge in [0.1, 0.15) is 0 Å². The lowest BCUT2D eigenvalue weighted by atomic mass is 9.93. The van der Waals surface area contributed by atoms with Gasteiger partial charge in [0.15, 0.2) is 0 Å². The molecule has 0 N–H and O–H groups in total. The Morgan fingerprint density at radius 2 is 0.677 bits per heavy atom. The number of unbranched alkanes of at least 4 members (excludes halogenated alkanes) is 18. The van der Waals surface area contributed by atoms with Crippen molar-refractivity contribution in [3.8, 4) is 0 Å². The summed E-state index contributed by atoms with van der Waals surface area (Å²) in [6.45, 7) is 5.99. The van der Waals surface area contributed by atoms with Gasteiger partial charge in [-0.3, -0.25) is 0 Å². The largest absolute Gasteiger partial charge is 1.00 e. The van der Waals surface area contributed by atoms with E-state index in [2.05, 4.69) is 35.0 Å². The predicted octanol–water partition coefficient (Wildman–Crippen LogP) is 6.93. The van der Waals surface area contributed by atoms with Crippen molar-refractivity contribution in [2.75, 3.05) is 27.7 Å². The first-order valence-corrected chi connectivity index (χ1v) is 14.3. The van der Waals surface area contributed by atoms with Crippen LogP contribution in [-0.2, 0) is 0 Å². The lowest BCUT2D eigenvalue weighted by molar-refractivity contribution is -0.874. The lowest BCUT2D eigenvalue weighted by Gasteiger charge is -2.29. The highest BCUT2D eigenvalue weighted by Gasteiger charge is 2.17. The first-order valence-electron chi connectivity index (χ1n) is 14.3. The number of hydrogen-bond acceptors (Lipinski definition) is 0. The van der Waals surface area contributed by atoms with Crippen LogP contribution < -0.4 is 12.4 Å². The third kappa shape index (κ3) is 28.2. The van der Waals surface area contributed by atoms with E-state index in [-0.39, 0.29) is 12.4 Å². The molecule has 1 unspecified atom stereocenters. The van der Waals surface area contributed by atoms with Crippen molar-refractivity contribution in [3.05, 3.63) is 0 Å². The molecule has 0 spiro atoms. The van der Waals surface area contributed by atoms with Crippen LogP contribution in [0.3, 0.4) is 0 Å². The van der Waals surface area contributed by atoms with Gasteiger partial charge in [-0.05, 0) is 12.8 Å². The van der Waals surface area contributed by atoms with Gasteiger partial charge in [0.2, 0.25) is 0 Å². The highest BCUT2D eigenvalue weighted by molar-refractivity contribution is 4.61. The summed E-state index contributed by atoms with van der Waals surface area (Å²) in [5.74, 6) is 0.952. The van der Waals surface area contributed by atoms with Crippen LogP contribution in [0.1, 0.15) is 155 Å². The molecule has 1 nitrogen and oxygen atoms in total. The molecule has 190 valence electrons. The quantitative estimate of drug-likeness (QED) is 0.108. The van der Waals surface area contributed by atoms with Crippen LogP contribution in [0.15, 0.2) is 0 Å². The third-order valence-electron chi connectivity index (χ3n) is 6.74. The van der Waals surface area contributed by atoms with Crippen molar-refractivity contribution in [2.24, 2.45) is 5.92 Å². The van der Waals surface area contributed by atoms with Crippen LogP contribution in [0, 0.1) is 5.92 Å². The van der Waals surface area contributed by atoms with Gasteiger partial charge in [0.05, 0.1) is 27.7 Å². The Kier molecular flexibility index (Phi) is 26.8. The Balaban J connectivity index is 0. The molecule has 0 heterocycles. The second kappa shape index (κ2) is 24.9. The minimum Gasteiger partial charge on any atom is -1.00 e. The minimum absolute atomic E-state index is 0. The molecule has 2 heteroatoms. The first kappa shape index (κ1) is 33.4. The SMILES string of the molecule is CCCCCCCCCCCCCCC(CCCCCCCCCC)C[N+](C)(C)C.[Cl-]. The summed E-state index contributed by atoms with van der Waals surface area (Å²) < 4.78 is 1.14. The summed E-state index contributed by atoms with van der Waals surface area (Å²) in [7, 11) is 7.13. The van der Waals surface area contributed by atoms with Gasteiger partial charge < -0.3 is 16.9 Å². The molecule has 0 saturated carbocycles. The van der Waals surface area contributed by atoms with Crippen LogP contribution in [0.25, 0.3) is 0 Å². The van der Waals surface area contributed by atoms with Crippen LogP contribution in [-0.4, -0.2) is 32.2 Å². The smallest absolute Gasteiger partial charge is 0.0809 e. The zero-order valence-corrected chi connectivity index (χ0v) is 23.4. The van der Waals surface area contributed by atoms with Gasteiger partial charge in [-0.1, -0.05) is 142 Å². The average molecular weight is 460 g/mol. The number of rotatable bonds is 24. The van der Waals surface area contributed by atoms with Crippen LogP contribution in [0.5, 0.6) is 0 Å². The number of halogens is 1. The van der Waals surface area contributed by atoms with Crippen molar-refractivity contribution in [1.29, 1.82) is 0 Å². The van der Waals surface area contributed by atoms with Gasteiger partial charge >= 0.3 is 0 Å². The van der Waals surface area contributed by atoms with E-state index in [0.717, 1.165) is 10.4 Å². The molecule has 0 aromatic carbocycles. The molecule has 0 amide bonds. The lowest BCUT2D eigenvalue weighted by Crippen LogP contribution is -3.00. The topological polar surface area (TPSA) is 0 Å². The number of nitrogens with zero attached hydrogens (tertiary/aromatic N) is 1. The fraction of sp³-hybridized carbons (Fsp3) is 1.00. The Morgan fingerprint density at radius 3 is 0.935 bits per heavy atom. The molecule has 31 heavy (non-hydrogen) atoms. The van der Waals surface area contributed by atoms with Crippen molar-refractivity contribution in [3.63, 3.8) is 0 Å². The van der Waals surface area contributed by atoms with E-state index < -0.39 is 0 Å². The summed E-state index contributed by atoms with van der Waals surface area (Å²) in [5, 5.41) is 0. The summed E-state index contributed by atoms with van der Waals surface area (Å²) >= 11 is 0. The van der Waals surface area contributed by atoms with Gasteiger partial charge in [-0.25, -0.2) is 0 Å². The molecule has 0 aliphatic heterocycles. The highest BCUT2D eigenvalue weighted by atomic mass is 35.5. The Hall–Kier alpha value is 0.250. The fourth-order valence-corrected chi connectivity index (χ4v) is 4.94. The van der Waals surface area contributed by atoms with E-state index in [1.807, 2.05) is 0 Å². The van der Waals surface area contributed by atoms with E-state index in [0.29, 0.717) is 0 Å². The van der Waals surface area contributed by atoms with E-state index >= 15 is 0 Å². The minimum atomic E-state index is 0. The Morgan fingerprint density at radius 1 is 0.419 bits per heavy atom. The molecule has 0 radical (unpaired) electrons. The fourth-order valence-electron chi connectivity index (χ4n) is 4.94. The monoisotopic (exact) mass is 459 g/mol. The van der Waals surface area contributed by atoms with E-state index in [9.17, 15) is 0 Å². The second-order valence-corrected chi connectivity index (χ2v) is 11.3. The van der Waals surface area contributed by atoms with Crippen molar-refractivity contribution >= 4 is 0 Å². The molecule has 0 bridgehead atoms. The number of hydrogen-bond donors (Lipinski definition) is 0. The summed E-state index contributed by atoms with van der Waals surface area (Å²) in [4.78, 5) is 0. The second-order valence-electron chi connectivity index (χ2n) is 11.3. The molecular weight excluding hydrogens is 398 g/mol. The van der Waals surface area contributed by atoms with Gasteiger partial charge in [0.25, 0.3) is 0 Å². The summed E-state index contributed by atoms with van der Waals surface area (Å²) in [6, 6.07) is 0. The molecule has 0 aliphatic rings. The molecule has 0 rings (SSSR count). The zero-order chi connectivity index (χ0) is 22.3. The van der Waals surface area contributed by atoms with E-state index in [4.69, 9.17) is 0 Å². The standard InChI is InChI=1S/C29H62N.ClH/c1-6-8-10-12-14-16-17-18-19-21-23-25-27-29(28-30(3,4)5)26-24-22-20-15-13-11-9-7-2;/h29H,6-28H2,1-5H3;1H/q+1;/p-1. The van der Waals surface area contributed by atoms with Crippen LogP contribution in [0.2, 0.25) is 0 Å². The molecule has 0 aliphatic carbocycles. The van der Waals surface area contributed by atoms with Gasteiger partial charge in [0, 0.05) is 5.92 Å². The molecule has 0 aromatic heterocycles. The van der Waals surface area contributed by atoms with Crippen LogP contribution in [0.4, 0.5) is 0 Å². The molecule has 0 saturated heterocycles. The number of quaternary nitrogens is 1. The normalized spacial score (nSPS) is 12.7. The zero-order valence-electron chi connectivity index (χ0n) is 22.7. The molecule has 1 atom stereocenters. The Labute approximate surface area is 205 Å². The maximum atomic E-state index is 2.38. The Bertz CT molecular complexity index is 323. The third-order valence-corrected chi connectivity index (χ3v) is 6.74. The summed E-state index contributed by atoms with van der Waals surface area (Å²) in [5.41, 5.74) is 0. The molecular formula is C29H62ClN. The molecule has 0 aromatic rings. The molecule has 0 fully saturated rings. The average Bonchev–Trinajstić information content (AvgIpc) is 2.69.